The summed E-state index contributed by atoms with van der Waals surface area (Å²) in [5.74, 6) is -0.190. The molecule has 7 nitrogen and oxygen atoms in total. The van der Waals surface area contributed by atoms with E-state index >= 15 is 0 Å². The molecule has 1 aliphatic heterocycles. The zero-order chi connectivity index (χ0) is 18.7. The van der Waals surface area contributed by atoms with E-state index in [2.05, 4.69) is 10.6 Å². The van der Waals surface area contributed by atoms with Crippen LogP contribution in [0.25, 0.3) is 0 Å². The fourth-order valence-corrected chi connectivity index (χ4v) is 2.87. The van der Waals surface area contributed by atoms with E-state index < -0.39 is 6.03 Å². The van der Waals surface area contributed by atoms with Gasteiger partial charge >= 0.3 is 6.03 Å². The number of nitrogens with zero attached hydrogens (tertiary/aromatic N) is 1. The number of halogens is 1. The third-order valence-electron chi connectivity index (χ3n) is 3.94. The van der Waals surface area contributed by atoms with Crippen LogP contribution in [-0.2, 0) is 11.3 Å². The van der Waals surface area contributed by atoms with Crippen molar-refractivity contribution in [3.05, 3.63) is 58.6 Å². The highest BCUT2D eigenvalue weighted by molar-refractivity contribution is 6.32. The molecule has 2 aromatic carbocycles. The number of methoxy groups -OCH3 is 1. The lowest BCUT2D eigenvalue weighted by Crippen LogP contribution is -2.31. The Morgan fingerprint density at radius 3 is 2.69 bits per heavy atom. The van der Waals surface area contributed by atoms with Crippen molar-refractivity contribution in [1.82, 2.24) is 10.2 Å². The van der Waals surface area contributed by atoms with Crippen LogP contribution in [-0.4, -0.2) is 36.4 Å². The lowest BCUT2D eigenvalue weighted by molar-refractivity contribution is -0.125. The van der Waals surface area contributed by atoms with Gasteiger partial charge in [0.2, 0.25) is 5.91 Å². The number of urea groups is 1. The second-order valence-electron chi connectivity index (χ2n) is 5.60. The van der Waals surface area contributed by atoms with E-state index in [1.807, 2.05) is 0 Å². The van der Waals surface area contributed by atoms with Crippen LogP contribution in [0.5, 0.6) is 5.75 Å². The molecule has 1 heterocycles. The number of hydrogen-bond acceptors (Lipinski definition) is 4. The van der Waals surface area contributed by atoms with Gasteiger partial charge in [0.1, 0.15) is 5.75 Å². The van der Waals surface area contributed by atoms with E-state index in [1.165, 1.54) is 7.11 Å². The average molecular weight is 374 g/mol. The first-order valence-electron chi connectivity index (χ1n) is 7.80. The van der Waals surface area contributed by atoms with Crippen LogP contribution in [0.1, 0.15) is 15.9 Å². The Hall–Kier alpha value is -3.06. The number of rotatable bonds is 5. The third-order valence-corrected chi connectivity index (χ3v) is 4.23. The van der Waals surface area contributed by atoms with Crippen LogP contribution in [0.2, 0.25) is 5.02 Å². The topological polar surface area (TPSA) is 87.7 Å². The SMILES string of the molecule is COc1ccc(NC(=O)c2ccccc2CN2C(=O)CNC2=O)cc1Cl. The lowest BCUT2D eigenvalue weighted by atomic mass is 10.1. The van der Waals surface area contributed by atoms with E-state index in [0.717, 1.165) is 4.90 Å². The second kappa shape index (κ2) is 7.45. The van der Waals surface area contributed by atoms with Crippen LogP contribution < -0.4 is 15.4 Å². The maximum atomic E-state index is 12.6. The highest BCUT2D eigenvalue weighted by atomic mass is 35.5. The minimum atomic E-state index is -0.466. The molecule has 1 fully saturated rings. The molecule has 0 radical (unpaired) electrons. The molecular formula is C18H16ClN3O4. The van der Waals surface area contributed by atoms with Crippen molar-refractivity contribution in [3.8, 4) is 5.75 Å². The van der Waals surface area contributed by atoms with Gasteiger partial charge in [-0.2, -0.15) is 0 Å². The summed E-state index contributed by atoms with van der Waals surface area (Å²) in [5, 5.41) is 5.58. The molecule has 0 atom stereocenters. The Balaban J connectivity index is 1.80. The summed E-state index contributed by atoms with van der Waals surface area (Å²) in [5.41, 5.74) is 1.44. The molecule has 0 aromatic heterocycles. The molecule has 8 heteroatoms. The summed E-state index contributed by atoms with van der Waals surface area (Å²) in [4.78, 5) is 37.2. The maximum Gasteiger partial charge on any atom is 0.324 e. The van der Waals surface area contributed by atoms with Crippen LogP contribution >= 0.6 is 11.6 Å². The highest BCUT2D eigenvalue weighted by Crippen LogP contribution is 2.27. The number of nitrogens with one attached hydrogen (secondary N) is 2. The Morgan fingerprint density at radius 1 is 1.27 bits per heavy atom. The molecule has 2 N–H and O–H groups in total. The maximum absolute atomic E-state index is 12.6. The molecule has 4 amide bonds. The molecule has 1 saturated heterocycles. The van der Waals surface area contributed by atoms with Gasteiger partial charge in [-0.05, 0) is 29.8 Å². The highest BCUT2D eigenvalue weighted by Gasteiger charge is 2.29. The van der Waals surface area contributed by atoms with Crippen molar-refractivity contribution >= 4 is 35.1 Å². The van der Waals surface area contributed by atoms with Gasteiger partial charge in [0.25, 0.3) is 5.91 Å². The summed E-state index contributed by atoms with van der Waals surface area (Å²) >= 11 is 6.07. The van der Waals surface area contributed by atoms with Crippen molar-refractivity contribution in [1.29, 1.82) is 0 Å². The van der Waals surface area contributed by atoms with Gasteiger partial charge in [-0.25, -0.2) is 4.79 Å². The van der Waals surface area contributed by atoms with Gasteiger partial charge in [-0.15, -0.1) is 0 Å². The van der Waals surface area contributed by atoms with Gasteiger partial charge in [-0.1, -0.05) is 29.8 Å². The first kappa shape index (κ1) is 17.8. The zero-order valence-electron chi connectivity index (χ0n) is 13.9. The smallest absolute Gasteiger partial charge is 0.324 e. The summed E-state index contributed by atoms with van der Waals surface area (Å²) < 4.78 is 5.08. The average Bonchev–Trinajstić information content (AvgIpc) is 2.94. The van der Waals surface area contributed by atoms with E-state index in [-0.39, 0.29) is 24.9 Å². The number of imide groups is 1. The van der Waals surface area contributed by atoms with Crippen molar-refractivity contribution < 1.29 is 19.1 Å². The van der Waals surface area contributed by atoms with Crippen molar-refractivity contribution in [2.24, 2.45) is 0 Å². The molecule has 0 saturated carbocycles. The van der Waals surface area contributed by atoms with E-state index in [0.29, 0.717) is 27.6 Å². The van der Waals surface area contributed by atoms with Gasteiger partial charge < -0.3 is 15.4 Å². The van der Waals surface area contributed by atoms with Gasteiger partial charge in [0.05, 0.1) is 25.2 Å². The molecule has 26 heavy (non-hydrogen) atoms. The largest absolute Gasteiger partial charge is 0.495 e. The molecule has 0 aliphatic carbocycles. The molecule has 0 unspecified atom stereocenters. The van der Waals surface area contributed by atoms with E-state index in [9.17, 15) is 14.4 Å². The summed E-state index contributed by atoms with van der Waals surface area (Å²) in [6.45, 7) is -0.00479. The molecule has 0 spiro atoms. The number of benzene rings is 2. The minimum absolute atomic E-state index is 0.0254. The molecule has 2 aromatic rings. The number of carbonyl (C=O) groups is 3. The molecular weight excluding hydrogens is 358 g/mol. The minimum Gasteiger partial charge on any atom is -0.495 e. The molecule has 134 valence electrons. The van der Waals surface area contributed by atoms with Crippen LogP contribution in [0, 0.1) is 0 Å². The predicted molar refractivity (Wildman–Crippen MR) is 96.3 cm³/mol. The number of hydrogen-bond donors (Lipinski definition) is 2. The van der Waals surface area contributed by atoms with E-state index in [1.54, 1.807) is 42.5 Å². The third kappa shape index (κ3) is 3.62. The fourth-order valence-electron chi connectivity index (χ4n) is 2.61. The van der Waals surface area contributed by atoms with Crippen molar-refractivity contribution in [3.63, 3.8) is 0 Å². The van der Waals surface area contributed by atoms with E-state index in [4.69, 9.17) is 16.3 Å². The summed E-state index contributed by atoms with van der Waals surface area (Å²) in [6, 6.07) is 11.2. The normalized spacial score (nSPS) is 13.5. The van der Waals surface area contributed by atoms with Gasteiger partial charge in [0.15, 0.2) is 0 Å². The fraction of sp³-hybridized carbons (Fsp3) is 0.167. The second-order valence-corrected chi connectivity index (χ2v) is 6.01. The Kier molecular flexibility index (Phi) is 5.09. The van der Waals surface area contributed by atoms with Crippen molar-refractivity contribution in [2.45, 2.75) is 6.54 Å². The number of carbonyl (C=O) groups excluding carboxylic acids is 3. The lowest BCUT2D eigenvalue weighted by Gasteiger charge is -2.15. The van der Waals surface area contributed by atoms with Crippen molar-refractivity contribution in [2.75, 3.05) is 19.0 Å². The quantitative estimate of drug-likeness (QED) is 0.789. The summed E-state index contributed by atoms with van der Waals surface area (Å²) in [7, 11) is 1.51. The predicted octanol–water partition coefficient (Wildman–Crippen LogP) is 2.65. The van der Waals surface area contributed by atoms with Gasteiger partial charge in [-0.3, -0.25) is 14.5 Å². The first-order valence-corrected chi connectivity index (χ1v) is 8.18. The Morgan fingerprint density at radius 2 is 2.04 bits per heavy atom. The molecule has 1 aliphatic rings. The van der Waals surface area contributed by atoms with Crippen LogP contribution in [0.4, 0.5) is 10.5 Å². The Bertz CT molecular complexity index is 868. The van der Waals surface area contributed by atoms with Crippen LogP contribution in [0.3, 0.4) is 0 Å². The first-order chi connectivity index (χ1) is 12.5. The number of amides is 4. The number of anilines is 1. The summed E-state index contributed by atoms with van der Waals surface area (Å²) in [6.07, 6.45) is 0. The zero-order valence-corrected chi connectivity index (χ0v) is 14.7. The van der Waals surface area contributed by atoms with Crippen LogP contribution in [0.15, 0.2) is 42.5 Å². The van der Waals surface area contributed by atoms with Gasteiger partial charge in [0, 0.05) is 11.3 Å². The monoisotopic (exact) mass is 373 g/mol. The Labute approximate surface area is 154 Å². The molecule has 3 rings (SSSR count). The number of ether oxygens (including phenoxy) is 1. The molecule has 0 bridgehead atoms. The standard InChI is InChI=1S/C18H16ClN3O4/c1-26-15-7-6-12(8-14(15)19)21-17(24)13-5-3-2-4-11(13)10-22-16(23)9-20-18(22)25/h2-8H,9-10H2,1H3,(H,20,25)(H,21,24).